The molecular formula is C19H24N4O4. The minimum Gasteiger partial charge on any atom is -0.484 e. The summed E-state index contributed by atoms with van der Waals surface area (Å²) >= 11 is 0. The number of aliphatic hydroxyl groups excluding tert-OH is 1. The van der Waals surface area contributed by atoms with Gasteiger partial charge in [0.1, 0.15) is 11.8 Å². The number of aliphatic hydroxyl groups is 1. The summed E-state index contributed by atoms with van der Waals surface area (Å²) in [5, 5.41) is 14.1. The Morgan fingerprint density at radius 1 is 1.33 bits per heavy atom. The minimum absolute atomic E-state index is 0.133. The van der Waals surface area contributed by atoms with Gasteiger partial charge in [-0.05, 0) is 12.1 Å². The van der Waals surface area contributed by atoms with Gasteiger partial charge in [0.15, 0.2) is 6.61 Å². The predicted molar refractivity (Wildman–Crippen MR) is 97.7 cm³/mol. The van der Waals surface area contributed by atoms with E-state index < -0.39 is 12.1 Å². The molecule has 3 rings (SSSR count). The number of aryl methyl sites for hydroxylation is 1. The molecule has 1 aliphatic heterocycles. The summed E-state index contributed by atoms with van der Waals surface area (Å²) in [6.07, 6.45) is 3.05. The molecule has 1 aromatic heterocycles. The third-order valence-corrected chi connectivity index (χ3v) is 4.54. The summed E-state index contributed by atoms with van der Waals surface area (Å²) in [6.45, 7) is 0.350. The monoisotopic (exact) mass is 372 g/mol. The number of likely N-dealkylation sites (N-methyl/N-ethyl adjacent to an activating group) is 1. The Morgan fingerprint density at radius 2 is 2.07 bits per heavy atom. The Labute approximate surface area is 157 Å². The van der Waals surface area contributed by atoms with Crippen molar-refractivity contribution < 1.29 is 19.4 Å². The summed E-state index contributed by atoms with van der Waals surface area (Å²) in [5.74, 6) is 0.0640. The van der Waals surface area contributed by atoms with Gasteiger partial charge in [0.05, 0.1) is 12.3 Å². The van der Waals surface area contributed by atoms with Crippen molar-refractivity contribution >= 4 is 11.8 Å². The van der Waals surface area contributed by atoms with Crippen LogP contribution in [0.5, 0.6) is 5.75 Å². The molecule has 27 heavy (non-hydrogen) atoms. The number of para-hydroxylation sites is 1. The van der Waals surface area contributed by atoms with Gasteiger partial charge in [-0.1, -0.05) is 18.2 Å². The maximum Gasteiger partial charge on any atom is 0.261 e. The van der Waals surface area contributed by atoms with Crippen LogP contribution in [0.1, 0.15) is 12.0 Å². The van der Waals surface area contributed by atoms with E-state index in [2.05, 4.69) is 5.10 Å². The van der Waals surface area contributed by atoms with E-state index in [1.54, 1.807) is 35.0 Å². The Hall–Kier alpha value is -2.87. The average molecular weight is 372 g/mol. The fraction of sp³-hybridized carbons (Fsp3) is 0.421. The molecular weight excluding hydrogens is 348 g/mol. The highest BCUT2D eigenvalue weighted by molar-refractivity contribution is 5.88. The standard InChI is InChI=1S/C19H24N4O4/c1-21(10-14-9-20-22(2)11-14)19(26)17-8-15(24)12-23(17)18(25)13-27-16-6-4-3-5-7-16/h3-7,9,11,15,17,24H,8,10,12-13H2,1-2H3/t15-,17-/m1/s1. The molecule has 2 aromatic rings. The van der Waals surface area contributed by atoms with E-state index in [1.807, 2.05) is 31.4 Å². The molecule has 1 fully saturated rings. The number of rotatable bonds is 6. The topological polar surface area (TPSA) is 87.9 Å². The van der Waals surface area contributed by atoms with Gasteiger partial charge in [-0.15, -0.1) is 0 Å². The molecule has 0 saturated carbocycles. The van der Waals surface area contributed by atoms with Crippen LogP contribution in [0.2, 0.25) is 0 Å². The third kappa shape index (κ3) is 4.65. The first kappa shape index (κ1) is 18.9. The zero-order valence-electron chi connectivity index (χ0n) is 15.5. The zero-order chi connectivity index (χ0) is 19.4. The van der Waals surface area contributed by atoms with Crippen LogP contribution >= 0.6 is 0 Å². The maximum atomic E-state index is 12.8. The van der Waals surface area contributed by atoms with E-state index in [4.69, 9.17) is 4.74 Å². The third-order valence-electron chi connectivity index (χ3n) is 4.54. The number of ether oxygens (including phenoxy) is 1. The lowest BCUT2D eigenvalue weighted by Gasteiger charge is -2.27. The van der Waals surface area contributed by atoms with Gasteiger partial charge in [-0.3, -0.25) is 14.3 Å². The van der Waals surface area contributed by atoms with Gasteiger partial charge < -0.3 is 19.6 Å². The van der Waals surface area contributed by atoms with E-state index in [1.165, 1.54) is 4.90 Å². The molecule has 0 aliphatic carbocycles. The van der Waals surface area contributed by atoms with Gasteiger partial charge in [0.25, 0.3) is 5.91 Å². The van der Waals surface area contributed by atoms with Gasteiger partial charge in [-0.25, -0.2) is 0 Å². The summed E-state index contributed by atoms with van der Waals surface area (Å²) in [5.41, 5.74) is 0.900. The lowest BCUT2D eigenvalue weighted by atomic mass is 10.1. The fourth-order valence-electron chi connectivity index (χ4n) is 3.23. The van der Waals surface area contributed by atoms with E-state index in [0.29, 0.717) is 12.3 Å². The molecule has 0 bridgehead atoms. The molecule has 1 N–H and O–H groups in total. The lowest BCUT2D eigenvalue weighted by molar-refractivity contribution is -0.144. The van der Waals surface area contributed by atoms with E-state index >= 15 is 0 Å². The molecule has 0 spiro atoms. The Morgan fingerprint density at radius 3 is 2.74 bits per heavy atom. The van der Waals surface area contributed by atoms with Crippen molar-refractivity contribution in [3.05, 3.63) is 48.3 Å². The molecule has 8 nitrogen and oxygen atoms in total. The SMILES string of the molecule is CN(Cc1cnn(C)c1)C(=O)[C@H]1C[C@@H](O)CN1C(=O)COc1ccccc1. The normalized spacial score (nSPS) is 19.1. The molecule has 2 atom stereocenters. The van der Waals surface area contributed by atoms with Gasteiger partial charge >= 0.3 is 0 Å². The highest BCUT2D eigenvalue weighted by Crippen LogP contribution is 2.21. The first-order chi connectivity index (χ1) is 12.9. The van der Waals surface area contributed by atoms with E-state index in [-0.39, 0.29) is 31.4 Å². The molecule has 2 amide bonds. The van der Waals surface area contributed by atoms with E-state index in [9.17, 15) is 14.7 Å². The fourth-order valence-corrected chi connectivity index (χ4v) is 3.23. The minimum atomic E-state index is -0.716. The second kappa shape index (κ2) is 8.22. The van der Waals surface area contributed by atoms with Crippen molar-refractivity contribution in [2.24, 2.45) is 7.05 Å². The number of likely N-dealkylation sites (tertiary alicyclic amines) is 1. The van der Waals surface area contributed by atoms with E-state index in [0.717, 1.165) is 5.56 Å². The highest BCUT2D eigenvalue weighted by atomic mass is 16.5. The average Bonchev–Trinajstić information content (AvgIpc) is 3.25. The number of carbonyl (C=O) groups excluding carboxylic acids is 2. The zero-order valence-corrected chi connectivity index (χ0v) is 15.5. The van der Waals surface area contributed by atoms with Gasteiger partial charge in [-0.2, -0.15) is 5.10 Å². The van der Waals surface area contributed by atoms with Crippen LogP contribution in [0.3, 0.4) is 0 Å². The lowest BCUT2D eigenvalue weighted by Crippen LogP contribution is -2.47. The number of benzene rings is 1. The van der Waals surface area contributed by atoms with Crippen LogP contribution < -0.4 is 4.74 Å². The molecule has 0 radical (unpaired) electrons. The number of hydrogen-bond donors (Lipinski definition) is 1. The van der Waals surface area contributed by atoms with Crippen molar-refractivity contribution in [3.63, 3.8) is 0 Å². The van der Waals surface area contributed by atoms with Crippen molar-refractivity contribution in [2.45, 2.75) is 25.1 Å². The molecule has 1 aromatic carbocycles. The number of β-amino-alcohol motifs (C(OH)–C–C–N with tert-alkyl or cyclic N) is 1. The number of carbonyl (C=O) groups is 2. The Kier molecular flexibility index (Phi) is 5.75. The van der Waals surface area contributed by atoms with Crippen LogP contribution in [0.25, 0.3) is 0 Å². The quantitative estimate of drug-likeness (QED) is 0.794. The predicted octanol–water partition coefficient (Wildman–Crippen LogP) is 0.419. The number of aromatic nitrogens is 2. The number of amides is 2. The number of hydrogen-bond acceptors (Lipinski definition) is 5. The van der Waals surface area contributed by atoms with Crippen LogP contribution in [-0.4, -0.2) is 68.8 Å². The molecule has 1 saturated heterocycles. The molecule has 2 heterocycles. The first-order valence-electron chi connectivity index (χ1n) is 8.82. The maximum absolute atomic E-state index is 12.8. The highest BCUT2D eigenvalue weighted by Gasteiger charge is 2.40. The molecule has 0 unspecified atom stereocenters. The summed E-state index contributed by atoms with van der Waals surface area (Å²) in [6, 6.07) is 8.33. The second-order valence-corrected chi connectivity index (χ2v) is 6.77. The Balaban J connectivity index is 1.62. The van der Waals surface area contributed by atoms with Crippen LogP contribution in [0.15, 0.2) is 42.7 Å². The van der Waals surface area contributed by atoms with Crippen LogP contribution in [0.4, 0.5) is 0 Å². The smallest absolute Gasteiger partial charge is 0.261 e. The second-order valence-electron chi connectivity index (χ2n) is 6.77. The van der Waals surface area contributed by atoms with Crippen LogP contribution in [0, 0.1) is 0 Å². The van der Waals surface area contributed by atoms with Gasteiger partial charge in [0, 0.05) is 45.4 Å². The van der Waals surface area contributed by atoms with Crippen LogP contribution in [-0.2, 0) is 23.2 Å². The molecule has 144 valence electrons. The van der Waals surface area contributed by atoms with Crippen molar-refractivity contribution in [1.82, 2.24) is 19.6 Å². The molecule has 8 heteroatoms. The molecule has 1 aliphatic rings. The van der Waals surface area contributed by atoms with Crippen molar-refractivity contribution in [3.8, 4) is 5.75 Å². The summed E-state index contributed by atoms with van der Waals surface area (Å²) in [4.78, 5) is 28.4. The summed E-state index contributed by atoms with van der Waals surface area (Å²) in [7, 11) is 3.49. The Bertz CT molecular complexity index is 792. The van der Waals surface area contributed by atoms with Crippen molar-refractivity contribution in [2.75, 3.05) is 20.2 Å². The van der Waals surface area contributed by atoms with Crippen molar-refractivity contribution in [1.29, 1.82) is 0 Å². The summed E-state index contributed by atoms with van der Waals surface area (Å²) < 4.78 is 7.16. The largest absolute Gasteiger partial charge is 0.484 e. The van der Waals surface area contributed by atoms with Gasteiger partial charge in [0.2, 0.25) is 5.91 Å². The number of nitrogens with zero attached hydrogens (tertiary/aromatic N) is 4. The first-order valence-corrected chi connectivity index (χ1v) is 8.82.